The summed E-state index contributed by atoms with van der Waals surface area (Å²) < 4.78 is 16.8. The van der Waals surface area contributed by atoms with Crippen LogP contribution in [0.25, 0.3) is 0 Å². The summed E-state index contributed by atoms with van der Waals surface area (Å²) in [5, 5.41) is 0. The molecule has 0 aromatic rings. The van der Waals surface area contributed by atoms with Gasteiger partial charge in [0.05, 0.1) is 0 Å². The number of esters is 3. The molecular formula is C70H112O6. The molecule has 0 aliphatic carbocycles. The van der Waals surface area contributed by atoms with Crippen molar-refractivity contribution in [2.24, 2.45) is 0 Å². The third-order valence-electron chi connectivity index (χ3n) is 12.6. The maximum absolute atomic E-state index is 12.9. The molecule has 0 spiro atoms. The first-order valence-electron chi connectivity index (χ1n) is 30.8. The van der Waals surface area contributed by atoms with E-state index in [1.54, 1.807) is 0 Å². The van der Waals surface area contributed by atoms with Gasteiger partial charge in [-0.3, -0.25) is 14.4 Å². The Hall–Kier alpha value is -4.71. The molecule has 0 N–H and O–H groups in total. The molecule has 1 unspecified atom stereocenters. The van der Waals surface area contributed by atoms with Crippen LogP contribution in [0, 0.1) is 0 Å². The average Bonchev–Trinajstić information content (AvgIpc) is 3.42. The summed E-state index contributed by atoms with van der Waals surface area (Å²) in [6.45, 7) is 6.36. The predicted molar refractivity (Wildman–Crippen MR) is 329 cm³/mol. The number of allylic oxidation sites excluding steroid dienone is 24. The Morgan fingerprint density at radius 3 is 0.829 bits per heavy atom. The highest BCUT2D eigenvalue weighted by molar-refractivity contribution is 5.71. The Labute approximate surface area is 467 Å². The molecule has 0 aromatic carbocycles. The van der Waals surface area contributed by atoms with Gasteiger partial charge in [0.15, 0.2) is 6.10 Å². The molecule has 0 aromatic heterocycles. The van der Waals surface area contributed by atoms with E-state index in [1.165, 1.54) is 70.6 Å². The summed E-state index contributed by atoms with van der Waals surface area (Å²) in [6, 6.07) is 0. The van der Waals surface area contributed by atoms with Crippen molar-refractivity contribution in [3.63, 3.8) is 0 Å². The van der Waals surface area contributed by atoms with Gasteiger partial charge in [-0.2, -0.15) is 0 Å². The largest absolute Gasteiger partial charge is 0.462 e. The van der Waals surface area contributed by atoms with Crippen LogP contribution >= 0.6 is 0 Å². The first kappa shape index (κ1) is 71.3. The first-order chi connectivity index (χ1) is 37.5. The van der Waals surface area contributed by atoms with Gasteiger partial charge in [0.25, 0.3) is 0 Å². The second-order valence-corrected chi connectivity index (χ2v) is 19.9. The third-order valence-corrected chi connectivity index (χ3v) is 12.6. The fourth-order valence-corrected chi connectivity index (χ4v) is 8.04. The van der Waals surface area contributed by atoms with Crippen molar-refractivity contribution in [3.8, 4) is 0 Å². The smallest absolute Gasteiger partial charge is 0.306 e. The third kappa shape index (κ3) is 60.2. The minimum Gasteiger partial charge on any atom is -0.462 e. The van der Waals surface area contributed by atoms with Crippen LogP contribution in [0.4, 0.5) is 0 Å². The summed E-state index contributed by atoms with van der Waals surface area (Å²) >= 11 is 0. The molecular weight excluding hydrogens is 937 g/mol. The second kappa shape index (κ2) is 62.8. The topological polar surface area (TPSA) is 78.9 Å². The van der Waals surface area contributed by atoms with Crippen molar-refractivity contribution in [3.05, 3.63) is 146 Å². The molecule has 6 heteroatoms. The minimum absolute atomic E-state index is 0.104. The lowest BCUT2D eigenvalue weighted by Gasteiger charge is -2.18. The number of ether oxygens (including phenoxy) is 3. The maximum Gasteiger partial charge on any atom is 0.306 e. The minimum atomic E-state index is -0.813. The first-order valence-corrected chi connectivity index (χ1v) is 30.8. The molecule has 0 aliphatic heterocycles. The van der Waals surface area contributed by atoms with Gasteiger partial charge >= 0.3 is 17.9 Å². The van der Waals surface area contributed by atoms with E-state index in [2.05, 4.69) is 167 Å². The van der Waals surface area contributed by atoms with Crippen LogP contribution in [0.1, 0.15) is 258 Å². The van der Waals surface area contributed by atoms with Gasteiger partial charge in [0.1, 0.15) is 13.2 Å². The van der Waals surface area contributed by atoms with E-state index in [9.17, 15) is 14.4 Å². The van der Waals surface area contributed by atoms with Crippen molar-refractivity contribution in [2.45, 2.75) is 264 Å². The average molecular weight is 1050 g/mol. The number of carbonyl (C=O) groups is 3. The van der Waals surface area contributed by atoms with E-state index in [4.69, 9.17) is 14.2 Å². The SMILES string of the molecule is CC/C=C\C/C=C\C/C=C\C/C=C\C/C=C\C/C=C\CCCCCCCCC(=O)OCC(COC(=O)CCCCCCCCCCCCCC)OC(=O)CCCC/C=C\C/C=C\C/C=C\C/C=C\C/C=C\C/C=C\CC. The predicted octanol–water partition coefficient (Wildman–Crippen LogP) is 21.2. The lowest BCUT2D eigenvalue weighted by molar-refractivity contribution is -0.167. The molecule has 0 amide bonds. The summed E-state index contributed by atoms with van der Waals surface area (Å²) in [5.41, 5.74) is 0. The zero-order valence-electron chi connectivity index (χ0n) is 49.0. The summed E-state index contributed by atoms with van der Waals surface area (Å²) in [4.78, 5) is 38.2. The van der Waals surface area contributed by atoms with E-state index in [1.807, 2.05) is 0 Å². The summed E-state index contributed by atoms with van der Waals surface area (Å²) in [5.74, 6) is -0.965. The van der Waals surface area contributed by atoms with E-state index in [0.29, 0.717) is 19.3 Å². The Morgan fingerprint density at radius 1 is 0.276 bits per heavy atom. The monoisotopic (exact) mass is 1050 g/mol. The number of rotatable bonds is 54. The maximum atomic E-state index is 12.9. The molecule has 6 nitrogen and oxygen atoms in total. The van der Waals surface area contributed by atoms with Gasteiger partial charge in [-0.1, -0.05) is 263 Å². The molecule has 0 rings (SSSR count). The number of hydrogen-bond donors (Lipinski definition) is 0. The van der Waals surface area contributed by atoms with Crippen LogP contribution in [0.15, 0.2) is 146 Å². The van der Waals surface area contributed by atoms with Crippen LogP contribution in [0.5, 0.6) is 0 Å². The molecule has 0 aliphatic rings. The van der Waals surface area contributed by atoms with Crippen molar-refractivity contribution in [2.75, 3.05) is 13.2 Å². The molecule has 76 heavy (non-hydrogen) atoms. The van der Waals surface area contributed by atoms with Crippen LogP contribution in [0.2, 0.25) is 0 Å². The van der Waals surface area contributed by atoms with Crippen LogP contribution in [-0.2, 0) is 28.6 Å². The zero-order chi connectivity index (χ0) is 55.0. The van der Waals surface area contributed by atoms with Gasteiger partial charge in [-0.05, 0) is 122 Å². The molecule has 0 saturated heterocycles. The van der Waals surface area contributed by atoms with Crippen molar-refractivity contribution < 1.29 is 28.6 Å². The summed E-state index contributed by atoms with van der Waals surface area (Å²) in [7, 11) is 0. The molecule has 428 valence electrons. The molecule has 0 saturated carbocycles. The standard InChI is InChI=1S/C70H112O6/c1-4-7-10-13-16-19-22-25-27-29-31-33-34-35-36-38-39-41-43-45-48-51-54-57-60-63-69(72)75-66-67(65-74-68(71)62-59-56-53-50-47-24-21-18-15-12-9-6-3)76-70(73)64-61-58-55-52-49-46-44-42-40-37-32-30-28-26-23-20-17-14-11-8-5-2/h7-8,10-11,16-17,19-20,25-28,31-33,35-37,39,41-42,44,49,52,67H,4-6,9,12-15,18,21-24,29-30,34,38,40,43,45-48,50-51,53-66H2,1-3H3/b10-7-,11-8-,19-16-,20-17-,27-25-,28-26-,33-31-,36-35-,37-32-,41-39-,44-42-,52-49-. The van der Waals surface area contributed by atoms with Gasteiger partial charge in [0.2, 0.25) is 0 Å². The quantitative estimate of drug-likeness (QED) is 0.0261. The van der Waals surface area contributed by atoms with Gasteiger partial charge < -0.3 is 14.2 Å². The number of carbonyl (C=O) groups excluding carboxylic acids is 3. The van der Waals surface area contributed by atoms with E-state index in [-0.39, 0.29) is 37.5 Å². The van der Waals surface area contributed by atoms with Gasteiger partial charge in [-0.25, -0.2) is 0 Å². The fraction of sp³-hybridized carbons (Fsp3) is 0.614. The number of unbranched alkanes of at least 4 members (excludes halogenated alkanes) is 19. The van der Waals surface area contributed by atoms with Crippen LogP contribution < -0.4 is 0 Å². The van der Waals surface area contributed by atoms with Gasteiger partial charge in [-0.15, -0.1) is 0 Å². The van der Waals surface area contributed by atoms with Crippen LogP contribution in [0.3, 0.4) is 0 Å². The molecule has 0 fully saturated rings. The van der Waals surface area contributed by atoms with Crippen molar-refractivity contribution >= 4 is 17.9 Å². The Balaban J connectivity index is 4.46. The normalized spacial score (nSPS) is 13.1. The molecule has 0 bridgehead atoms. The number of hydrogen-bond acceptors (Lipinski definition) is 6. The molecule has 0 radical (unpaired) electrons. The Bertz CT molecular complexity index is 1680. The second-order valence-electron chi connectivity index (χ2n) is 19.9. The summed E-state index contributed by atoms with van der Waals surface area (Å²) in [6.07, 6.45) is 89.9. The van der Waals surface area contributed by atoms with Gasteiger partial charge in [0, 0.05) is 19.3 Å². The highest BCUT2D eigenvalue weighted by Gasteiger charge is 2.19. The van der Waals surface area contributed by atoms with E-state index >= 15 is 0 Å². The Kier molecular flexibility index (Phi) is 58.9. The Morgan fingerprint density at radius 2 is 0.513 bits per heavy atom. The van der Waals surface area contributed by atoms with Crippen molar-refractivity contribution in [1.29, 1.82) is 0 Å². The van der Waals surface area contributed by atoms with Crippen molar-refractivity contribution in [1.82, 2.24) is 0 Å². The molecule has 1 atom stereocenters. The van der Waals surface area contributed by atoms with E-state index < -0.39 is 6.10 Å². The highest BCUT2D eigenvalue weighted by atomic mass is 16.6. The van der Waals surface area contributed by atoms with E-state index in [0.717, 1.165) is 141 Å². The van der Waals surface area contributed by atoms with Crippen LogP contribution in [-0.4, -0.2) is 37.2 Å². The fourth-order valence-electron chi connectivity index (χ4n) is 8.04. The lowest BCUT2D eigenvalue weighted by atomic mass is 10.0. The molecule has 0 heterocycles. The zero-order valence-corrected chi connectivity index (χ0v) is 49.0. The highest BCUT2D eigenvalue weighted by Crippen LogP contribution is 2.14. The lowest BCUT2D eigenvalue weighted by Crippen LogP contribution is -2.30.